The average Bonchev–Trinajstić information content (AvgIpc) is 2.90. The van der Waals surface area contributed by atoms with Crippen molar-refractivity contribution >= 4 is 33.2 Å². The summed E-state index contributed by atoms with van der Waals surface area (Å²) < 4.78 is 27.5. The van der Waals surface area contributed by atoms with Crippen molar-refractivity contribution in [3.8, 4) is 0 Å². The number of carbonyl (C=O) groups excluding carboxylic acids is 1. The Morgan fingerprint density at radius 1 is 1.08 bits per heavy atom. The van der Waals surface area contributed by atoms with Gasteiger partial charge in [0, 0.05) is 29.7 Å². The fourth-order valence-electron chi connectivity index (χ4n) is 2.83. The van der Waals surface area contributed by atoms with E-state index < -0.39 is 16.1 Å². The number of aryl methyl sites for hydroxylation is 2. The average molecular weight is 379 g/mol. The minimum atomic E-state index is -3.69. The van der Waals surface area contributed by atoms with Gasteiger partial charge in [0.05, 0.1) is 4.90 Å². The summed E-state index contributed by atoms with van der Waals surface area (Å²) in [6.45, 7) is 4.31. The number of amides is 1. The predicted octanol–water partition coefficient (Wildman–Crippen LogP) is 3.04. The van der Waals surface area contributed by atoms with Gasteiger partial charge >= 0.3 is 0 Å². The van der Waals surface area contributed by atoms with Crippen molar-refractivity contribution < 1.29 is 13.2 Å². The molecule has 1 fully saturated rings. The predicted molar refractivity (Wildman–Crippen MR) is 98.4 cm³/mol. The Bertz CT molecular complexity index is 910. The van der Waals surface area contributed by atoms with Gasteiger partial charge in [-0.15, -0.1) is 0 Å². The van der Waals surface area contributed by atoms with Gasteiger partial charge in [0.1, 0.15) is 0 Å². The Morgan fingerprint density at radius 3 is 2.40 bits per heavy atom. The number of sulfonamides is 1. The van der Waals surface area contributed by atoms with Crippen LogP contribution in [0.5, 0.6) is 0 Å². The number of anilines is 1. The molecule has 2 aromatic rings. The molecule has 1 heterocycles. The van der Waals surface area contributed by atoms with Crippen molar-refractivity contribution in [1.82, 2.24) is 4.72 Å². The first kappa shape index (κ1) is 17.9. The lowest BCUT2D eigenvalue weighted by atomic mass is 10.1. The molecule has 25 heavy (non-hydrogen) atoms. The van der Waals surface area contributed by atoms with Crippen molar-refractivity contribution in [2.45, 2.75) is 31.2 Å². The van der Waals surface area contributed by atoms with Gasteiger partial charge in [0.2, 0.25) is 15.9 Å². The molecule has 1 saturated heterocycles. The molecular formula is C18H19ClN2O3S. The summed E-state index contributed by atoms with van der Waals surface area (Å²) in [5, 5.41) is 0.468. The number of benzene rings is 2. The number of rotatable bonds is 4. The van der Waals surface area contributed by atoms with Crippen LogP contribution in [0, 0.1) is 13.8 Å². The highest BCUT2D eigenvalue weighted by molar-refractivity contribution is 7.89. The number of hydrogen-bond donors (Lipinski definition) is 1. The minimum absolute atomic E-state index is 0.0907. The molecule has 0 saturated carbocycles. The van der Waals surface area contributed by atoms with Gasteiger partial charge in [0.15, 0.2) is 0 Å². The summed E-state index contributed by atoms with van der Waals surface area (Å²) in [4.78, 5) is 14.1. The number of carbonyl (C=O) groups is 1. The molecule has 0 bridgehead atoms. The van der Waals surface area contributed by atoms with E-state index in [9.17, 15) is 13.2 Å². The van der Waals surface area contributed by atoms with Crippen LogP contribution < -0.4 is 9.62 Å². The molecule has 1 N–H and O–H groups in total. The second-order valence-corrected chi connectivity index (χ2v) is 8.40. The van der Waals surface area contributed by atoms with E-state index in [1.54, 1.807) is 4.90 Å². The number of nitrogens with one attached hydrogen (secondary N) is 1. The molecule has 1 aliphatic rings. The van der Waals surface area contributed by atoms with Gasteiger partial charge in [-0.1, -0.05) is 17.7 Å². The van der Waals surface area contributed by atoms with Crippen LogP contribution >= 0.6 is 11.6 Å². The van der Waals surface area contributed by atoms with E-state index in [0.29, 0.717) is 11.6 Å². The van der Waals surface area contributed by atoms with Crippen molar-refractivity contribution in [3.63, 3.8) is 0 Å². The summed E-state index contributed by atoms with van der Waals surface area (Å²) in [7, 11) is -3.69. The lowest BCUT2D eigenvalue weighted by Gasteiger charge is -2.18. The van der Waals surface area contributed by atoms with Crippen molar-refractivity contribution in [1.29, 1.82) is 0 Å². The highest BCUT2D eigenvalue weighted by Gasteiger charge is 2.33. The Hall–Kier alpha value is -1.89. The van der Waals surface area contributed by atoms with Crippen LogP contribution in [0.3, 0.4) is 0 Å². The van der Waals surface area contributed by atoms with Gasteiger partial charge in [-0.25, -0.2) is 13.1 Å². The van der Waals surface area contributed by atoms with Gasteiger partial charge in [0.25, 0.3) is 0 Å². The van der Waals surface area contributed by atoms with E-state index in [1.807, 2.05) is 32.0 Å². The zero-order valence-corrected chi connectivity index (χ0v) is 15.6. The summed E-state index contributed by atoms with van der Waals surface area (Å²) in [5.41, 5.74) is 3.03. The zero-order chi connectivity index (χ0) is 18.2. The van der Waals surface area contributed by atoms with E-state index >= 15 is 0 Å². The van der Waals surface area contributed by atoms with Gasteiger partial charge < -0.3 is 4.90 Å². The summed E-state index contributed by atoms with van der Waals surface area (Å²) in [6.07, 6.45) is 0.139. The fourth-order valence-corrected chi connectivity index (χ4v) is 4.18. The van der Waals surface area contributed by atoms with Gasteiger partial charge in [-0.3, -0.25) is 4.79 Å². The molecule has 3 rings (SSSR count). The second kappa shape index (κ2) is 6.78. The van der Waals surface area contributed by atoms with E-state index in [0.717, 1.165) is 16.8 Å². The Balaban J connectivity index is 1.76. The third-order valence-corrected chi connectivity index (χ3v) is 6.16. The molecule has 1 aliphatic heterocycles. The van der Waals surface area contributed by atoms with E-state index in [1.165, 1.54) is 24.3 Å². The largest absolute Gasteiger partial charge is 0.311 e. The second-order valence-electron chi connectivity index (χ2n) is 6.25. The van der Waals surface area contributed by atoms with Crippen LogP contribution in [0.2, 0.25) is 5.02 Å². The lowest BCUT2D eigenvalue weighted by Crippen LogP contribution is -2.37. The molecule has 7 heteroatoms. The summed E-state index contributed by atoms with van der Waals surface area (Å²) in [5.74, 6) is -0.0907. The minimum Gasteiger partial charge on any atom is -0.311 e. The first-order valence-corrected chi connectivity index (χ1v) is 9.78. The van der Waals surface area contributed by atoms with Crippen LogP contribution in [0.1, 0.15) is 17.5 Å². The highest BCUT2D eigenvalue weighted by Crippen LogP contribution is 2.25. The maximum atomic E-state index is 12.5. The molecule has 0 spiro atoms. The van der Waals surface area contributed by atoms with Crippen LogP contribution in [-0.2, 0) is 14.8 Å². The fraction of sp³-hybridized carbons (Fsp3) is 0.278. The molecule has 0 aliphatic carbocycles. The Kier molecular flexibility index (Phi) is 4.86. The maximum absolute atomic E-state index is 12.5. The van der Waals surface area contributed by atoms with E-state index in [4.69, 9.17) is 11.6 Å². The highest BCUT2D eigenvalue weighted by atomic mass is 35.5. The van der Waals surface area contributed by atoms with Crippen molar-refractivity contribution in [2.24, 2.45) is 0 Å². The Labute approximate surface area is 152 Å². The number of halogens is 1. The molecule has 2 aromatic carbocycles. The molecule has 5 nitrogen and oxygen atoms in total. The number of hydrogen-bond acceptors (Lipinski definition) is 3. The molecule has 0 radical (unpaired) electrons. The summed E-state index contributed by atoms with van der Waals surface area (Å²) >= 11 is 5.80. The SMILES string of the molecule is Cc1ccc(N2C[C@H](NS(=O)(=O)c3ccc(Cl)cc3)CC2=O)cc1C. The molecular weight excluding hydrogens is 360 g/mol. The molecule has 0 aromatic heterocycles. The first-order valence-electron chi connectivity index (χ1n) is 7.92. The van der Waals surface area contributed by atoms with Gasteiger partial charge in [-0.2, -0.15) is 0 Å². The van der Waals surface area contributed by atoms with Crippen LogP contribution in [0.4, 0.5) is 5.69 Å². The van der Waals surface area contributed by atoms with Crippen LogP contribution in [0.25, 0.3) is 0 Å². The number of nitrogens with zero attached hydrogens (tertiary/aromatic N) is 1. The van der Waals surface area contributed by atoms with Gasteiger partial charge in [-0.05, 0) is 61.4 Å². The standard InChI is InChI=1S/C18H19ClN2O3S/c1-12-3-6-16(9-13(12)2)21-11-15(10-18(21)22)20-25(23,24)17-7-4-14(19)5-8-17/h3-9,15,20H,10-11H2,1-2H3/t15-/m1/s1. The first-order chi connectivity index (χ1) is 11.8. The Morgan fingerprint density at radius 2 is 1.76 bits per heavy atom. The van der Waals surface area contributed by atoms with E-state index in [2.05, 4.69) is 4.72 Å². The third-order valence-electron chi connectivity index (χ3n) is 4.37. The normalized spacial score (nSPS) is 18.0. The molecule has 1 atom stereocenters. The summed E-state index contributed by atoms with van der Waals surface area (Å²) in [6, 6.07) is 11.3. The van der Waals surface area contributed by atoms with Crippen LogP contribution in [0.15, 0.2) is 47.4 Å². The molecule has 0 unspecified atom stereocenters. The maximum Gasteiger partial charge on any atom is 0.240 e. The third kappa shape index (κ3) is 3.86. The molecule has 132 valence electrons. The van der Waals surface area contributed by atoms with Crippen molar-refractivity contribution in [2.75, 3.05) is 11.4 Å². The van der Waals surface area contributed by atoms with E-state index in [-0.39, 0.29) is 17.2 Å². The quantitative estimate of drug-likeness (QED) is 0.889. The smallest absolute Gasteiger partial charge is 0.240 e. The topological polar surface area (TPSA) is 66.5 Å². The lowest BCUT2D eigenvalue weighted by molar-refractivity contribution is -0.117. The zero-order valence-electron chi connectivity index (χ0n) is 14.0. The molecule has 1 amide bonds. The van der Waals surface area contributed by atoms with Crippen molar-refractivity contribution in [3.05, 3.63) is 58.6 Å². The monoisotopic (exact) mass is 378 g/mol. The van der Waals surface area contributed by atoms with Crippen LogP contribution in [-0.4, -0.2) is 26.9 Å².